The maximum Gasteiger partial charge on any atom is 0.257 e. The van der Waals surface area contributed by atoms with Gasteiger partial charge in [-0.1, -0.05) is 0 Å². The number of amides is 1. The Morgan fingerprint density at radius 1 is 1.10 bits per heavy atom. The maximum atomic E-state index is 12.1. The summed E-state index contributed by atoms with van der Waals surface area (Å²) in [7, 11) is 0. The van der Waals surface area contributed by atoms with Gasteiger partial charge < -0.3 is 11.1 Å². The van der Waals surface area contributed by atoms with Crippen molar-refractivity contribution in [3.05, 3.63) is 54.5 Å². The molecule has 0 fully saturated rings. The van der Waals surface area contributed by atoms with Crippen LogP contribution >= 0.6 is 0 Å². The first kappa shape index (κ1) is 12.0. The third-order valence-electron chi connectivity index (χ3n) is 2.90. The van der Waals surface area contributed by atoms with Crippen LogP contribution in [0.3, 0.4) is 0 Å². The standard InChI is InChI=1S/C14H11N5O/c15-11-3-4-12(10-2-1-6-16-13(10)11)19-14(20)9-5-7-17-18-8-9/h1-8H,15H2,(H,19,20). The van der Waals surface area contributed by atoms with Crippen molar-refractivity contribution >= 4 is 28.2 Å². The summed E-state index contributed by atoms with van der Waals surface area (Å²) in [6.07, 6.45) is 4.54. The molecule has 0 aliphatic heterocycles. The molecule has 0 saturated heterocycles. The third-order valence-corrected chi connectivity index (χ3v) is 2.90. The van der Waals surface area contributed by atoms with Crippen LogP contribution in [0.5, 0.6) is 0 Å². The number of nitrogens with two attached hydrogens (primary N) is 1. The number of nitrogens with one attached hydrogen (secondary N) is 1. The average molecular weight is 265 g/mol. The van der Waals surface area contributed by atoms with Crippen molar-refractivity contribution < 1.29 is 4.79 Å². The van der Waals surface area contributed by atoms with Crippen LogP contribution in [-0.4, -0.2) is 21.1 Å². The largest absolute Gasteiger partial charge is 0.397 e. The monoisotopic (exact) mass is 265 g/mol. The number of aromatic nitrogens is 3. The van der Waals surface area contributed by atoms with Gasteiger partial charge in [-0.15, -0.1) is 0 Å². The van der Waals surface area contributed by atoms with E-state index in [1.807, 2.05) is 6.07 Å². The van der Waals surface area contributed by atoms with Gasteiger partial charge in [0.2, 0.25) is 0 Å². The van der Waals surface area contributed by atoms with Crippen molar-refractivity contribution in [1.29, 1.82) is 0 Å². The van der Waals surface area contributed by atoms with E-state index in [0.29, 0.717) is 22.5 Å². The van der Waals surface area contributed by atoms with Crippen molar-refractivity contribution in [3.63, 3.8) is 0 Å². The Morgan fingerprint density at radius 2 is 2.00 bits per heavy atom. The topological polar surface area (TPSA) is 93.8 Å². The molecule has 98 valence electrons. The van der Waals surface area contributed by atoms with Gasteiger partial charge in [-0.3, -0.25) is 9.78 Å². The molecule has 0 aliphatic rings. The van der Waals surface area contributed by atoms with Crippen LogP contribution in [0.15, 0.2) is 48.9 Å². The first-order valence-corrected chi connectivity index (χ1v) is 5.97. The molecule has 6 heteroatoms. The van der Waals surface area contributed by atoms with Gasteiger partial charge in [0.05, 0.1) is 34.8 Å². The highest BCUT2D eigenvalue weighted by atomic mass is 16.1. The molecule has 0 atom stereocenters. The van der Waals surface area contributed by atoms with Gasteiger partial charge in [0, 0.05) is 11.6 Å². The second kappa shape index (κ2) is 4.93. The minimum absolute atomic E-state index is 0.255. The van der Waals surface area contributed by atoms with Crippen molar-refractivity contribution in [2.45, 2.75) is 0 Å². The zero-order valence-corrected chi connectivity index (χ0v) is 10.4. The Labute approximate surface area is 114 Å². The van der Waals surface area contributed by atoms with E-state index < -0.39 is 0 Å². The number of nitrogens with zero attached hydrogens (tertiary/aromatic N) is 3. The summed E-state index contributed by atoms with van der Waals surface area (Å²) in [5, 5.41) is 10.9. The molecule has 1 amide bonds. The molecule has 0 radical (unpaired) electrons. The molecule has 0 aliphatic carbocycles. The summed E-state index contributed by atoms with van der Waals surface area (Å²) in [6.45, 7) is 0. The number of hydrogen-bond acceptors (Lipinski definition) is 5. The Balaban J connectivity index is 2.00. The minimum Gasteiger partial charge on any atom is -0.397 e. The number of carbonyl (C=O) groups is 1. The van der Waals surface area contributed by atoms with Crippen LogP contribution in [0.4, 0.5) is 11.4 Å². The van der Waals surface area contributed by atoms with Gasteiger partial charge in [0.15, 0.2) is 0 Å². The third kappa shape index (κ3) is 2.14. The maximum absolute atomic E-state index is 12.1. The second-order valence-electron chi connectivity index (χ2n) is 4.19. The number of pyridine rings is 1. The van der Waals surface area contributed by atoms with Crippen LogP contribution in [-0.2, 0) is 0 Å². The number of fused-ring (bicyclic) bond motifs is 1. The van der Waals surface area contributed by atoms with Gasteiger partial charge in [0.25, 0.3) is 5.91 Å². The molecule has 0 spiro atoms. The fraction of sp³-hybridized carbons (Fsp3) is 0. The summed E-state index contributed by atoms with van der Waals surface area (Å²) < 4.78 is 0. The van der Waals surface area contributed by atoms with E-state index in [1.54, 1.807) is 30.5 Å². The predicted molar refractivity (Wildman–Crippen MR) is 76.1 cm³/mol. The highest BCUT2D eigenvalue weighted by Crippen LogP contribution is 2.26. The number of nitrogen functional groups attached to an aromatic ring is 1. The zero-order valence-electron chi connectivity index (χ0n) is 10.4. The number of anilines is 2. The van der Waals surface area contributed by atoms with Crippen molar-refractivity contribution in [2.24, 2.45) is 0 Å². The summed E-state index contributed by atoms with van der Waals surface area (Å²) >= 11 is 0. The molecule has 3 rings (SSSR count). The molecule has 3 N–H and O–H groups in total. The van der Waals surface area contributed by atoms with Crippen LogP contribution < -0.4 is 11.1 Å². The molecule has 0 unspecified atom stereocenters. The molecule has 3 aromatic rings. The smallest absolute Gasteiger partial charge is 0.257 e. The molecule has 6 nitrogen and oxygen atoms in total. The Kier molecular flexibility index (Phi) is 2.96. The van der Waals surface area contributed by atoms with Crippen LogP contribution in [0, 0.1) is 0 Å². The Morgan fingerprint density at radius 3 is 2.80 bits per heavy atom. The van der Waals surface area contributed by atoms with E-state index in [1.165, 1.54) is 12.4 Å². The molecule has 20 heavy (non-hydrogen) atoms. The number of benzene rings is 1. The lowest BCUT2D eigenvalue weighted by Crippen LogP contribution is -2.12. The fourth-order valence-corrected chi connectivity index (χ4v) is 1.92. The molecule has 0 saturated carbocycles. The molecular weight excluding hydrogens is 254 g/mol. The summed E-state index contributed by atoms with van der Waals surface area (Å²) in [5.41, 5.74) is 8.21. The SMILES string of the molecule is Nc1ccc(NC(=O)c2ccnnc2)c2cccnc12. The van der Waals surface area contributed by atoms with E-state index in [0.717, 1.165) is 5.39 Å². The van der Waals surface area contributed by atoms with Gasteiger partial charge in [-0.05, 0) is 30.3 Å². The second-order valence-corrected chi connectivity index (χ2v) is 4.19. The number of rotatable bonds is 2. The normalized spacial score (nSPS) is 10.4. The van der Waals surface area contributed by atoms with Crippen molar-refractivity contribution in [3.8, 4) is 0 Å². The number of carbonyl (C=O) groups excluding carboxylic acids is 1. The molecule has 1 aromatic carbocycles. The lowest BCUT2D eigenvalue weighted by Gasteiger charge is -2.09. The quantitative estimate of drug-likeness (QED) is 0.690. The molecular formula is C14H11N5O. The Bertz CT molecular complexity index is 773. The summed E-state index contributed by atoms with van der Waals surface area (Å²) in [4.78, 5) is 16.3. The van der Waals surface area contributed by atoms with Crippen LogP contribution in [0.1, 0.15) is 10.4 Å². The van der Waals surface area contributed by atoms with Gasteiger partial charge >= 0.3 is 0 Å². The molecule has 2 heterocycles. The lowest BCUT2D eigenvalue weighted by atomic mass is 10.1. The summed E-state index contributed by atoms with van der Waals surface area (Å²) in [5.74, 6) is -0.255. The zero-order chi connectivity index (χ0) is 13.9. The van der Waals surface area contributed by atoms with Crippen molar-refractivity contribution in [1.82, 2.24) is 15.2 Å². The van der Waals surface area contributed by atoms with E-state index in [9.17, 15) is 4.79 Å². The number of hydrogen-bond donors (Lipinski definition) is 2. The first-order chi connectivity index (χ1) is 9.75. The van der Waals surface area contributed by atoms with Gasteiger partial charge in [0.1, 0.15) is 0 Å². The van der Waals surface area contributed by atoms with E-state index in [-0.39, 0.29) is 5.91 Å². The average Bonchev–Trinajstić information content (AvgIpc) is 2.51. The molecule has 0 bridgehead atoms. The predicted octanol–water partition coefficient (Wildman–Crippen LogP) is 1.86. The van der Waals surface area contributed by atoms with Crippen LogP contribution in [0.25, 0.3) is 10.9 Å². The van der Waals surface area contributed by atoms with E-state index >= 15 is 0 Å². The minimum atomic E-state index is -0.255. The van der Waals surface area contributed by atoms with Crippen molar-refractivity contribution in [2.75, 3.05) is 11.1 Å². The van der Waals surface area contributed by atoms with E-state index in [2.05, 4.69) is 20.5 Å². The summed E-state index contributed by atoms with van der Waals surface area (Å²) in [6, 6.07) is 8.73. The van der Waals surface area contributed by atoms with E-state index in [4.69, 9.17) is 5.73 Å². The molecule has 2 aromatic heterocycles. The Hall–Kier alpha value is -3.02. The fourth-order valence-electron chi connectivity index (χ4n) is 1.92. The lowest BCUT2D eigenvalue weighted by molar-refractivity contribution is 0.102. The van der Waals surface area contributed by atoms with Crippen LogP contribution in [0.2, 0.25) is 0 Å². The van der Waals surface area contributed by atoms with Gasteiger partial charge in [-0.25, -0.2) is 0 Å². The highest BCUT2D eigenvalue weighted by molar-refractivity contribution is 6.09. The van der Waals surface area contributed by atoms with Gasteiger partial charge in [-0.2, -0.15) is 10.2 Å². The highest BCUT2D eigenvalue weighted by Gasteiger charge is 2.10. The first-order valence-electron chi connectivity index (χ1n) is 5.97.